The van der Waals surface area contributed by atoms with E-state index in [1.807, 2.05) is 11.8 Å². The molecule has 0 radical (unpaired) electrons. The molecule has 0 aromatic carbocycles. The number of carboxylic acid groups (broad SMARTS) is 3. The SMILES string of the molecule is CCCC(N)=NCC(O)(S)CN1CCN(CC(=O)O)CCN(CC(=O)O)CCN(CC(=O)O)CC1. The molecular formula is C21H40N6O7S. The van der Waals surface area contributed by atoms with Crippen LogP contribution in [0.15, 0.2) is 4.99 Å². The molecule has 1 heterocycles. The first-order valence-electron chi connectivity index (χ1n) is 11.7. The van der Waals surface area contributed by atoms with Gasteiger partial charge in [-0.25, -0.2) is 0 Å². The highest BCUT2D eigenvalue weighted by Gasteiger charge is 2.27. The van der Waals surface area contributed by atoms with Crippen molar-refractivity contribution in [1.82, 2.24) is 19.6 Å². The van der Waals surface area contributed by atoms with Crippen LogP contribution >= 0.6 is 12.6 Å². The molecule has 1 aliphatic heterocycles. The molecule has 1 aliphatic rings. The van der Waals surface area contributed by atoms with Gasteiger partial charge in [-0.2, -0.15) is 0 Å². The Hall–Kier alpha value is -1.97. The smallest absolute Gasteiger partial charge is 0.317 e. The Labute approximate surface area is 211 Å². The van der Waals surface area contributed by atoms with Crippen LogP contribution < -0.4 is 5.73 Å². The number of aliphatic carboxylic acids is 3. The van der Waals surface area contributed by atoms with Gasteiger partial charge in [-0.1, -0.05) is 6.92 Å². The Morgan fingerprint density at radius 2 is 1.14 bits per heavy atom. The van der Waals surface area contributed by atoms with E-state index in [1.165, 1.54) is 0 Å². The second-order valence-corrected chi connectivity index (χ2v) is 9.66. The van der Waals surface area contributed by atoms with Crippen LogP contribution in [0.25, 0.3) is 0 Å². The zero-order valence-electron chi connectivity index (χ0n) is 20.4. The van der Waals surface area contributed by atoms with Crippen molar-refractivity contribution in [3.8, 4) is 0 Å². The van der Waals surface area contributed by atoms with Crippen LogP contribution in [0.1, 0.15) is 19.8 Å². The van der Waals surface area contributed by atoms with Crippen LogP contribution in [0.2, 0.25) is 0 Å². The lowest BCUT2D eigenvalue weighted by atomic mass is 10.2. The number of carbonyl (C=O) groups is 3. The van der Waals surface area contributed by atoms with Gasteiger partial charge in [0.1, 0.15) is 4.93 Å². The van der Waals surface area contributed by atoms with Crippen molar-refractivity contribution in [1.29, 1.82) is 0 Å². The third-order valence-electron chi connectivity index (χ3n) is 5.52. The lowest BCUT2D eigenvalue weighted by molar-refractivity contribution is -0.140. The first kappa shape index (κ1) is 31.1. The largest absolute Gasteiger partial charge is 0.480 e. The molecular weight excluding hydrogens is 480 g/mol. The van der Waals surface area contributed by atoms with E-state index in [0.29, 0.717) is 64.6 Å². The first-order chi connectivity index (χ1) is 16.4. The fraction of sp³-hybridized carbons (Fsp3) is 0.810. The van der Waals surface area contributed by atoms with Crippen LogP contribution in [0.4, 0.5) is 0 Å². The normalized spacial score (nSPS) is 20.5. The van der Waals surface area contributed by atoms with E-state index in [1.54, 1.807) is 14.7 Å². The van der Waals surface area contributed by atoms with Crippen LogP contribution in [-0.2, 0) is 14.4 Å². The molecule has 0 amide bonds. The van der Waals surface area contributed by atoms with Gasteiger partial charge in [0.15, 0.2) is 0 Å². The maximum absolute atomic E-state index is 11.4. The lowest BCUT2D eigenvalue weighted by Gasteiger charge is -2.35. The van der Waals surface area contributed by atoms with Crippen molar-refractivity contribution in [2.45, 2.75) is 24.7 Å². The fourth-order valence-electron chi connectivity index (χ4n) is 3.76. The zero-order valence-corrected chi connectivity index (χ0v) is 21.3. The predicted octanol–water partition coefficient (Wildman–Crippen LogP) is -1.76. The Kier molecular flexibility index (Phi) is 14.1. The number of aliphatic imine (C=N–C) groups is 1. The van der Waals surface area contributed by atoms with Crippen LogP contribution in [-0.4, -0.2) is 154 Å². The Bertz CT molecular complexity index is 692. The second kappa shape index (κ2) is 15.9. The monoisotopic (exact) mass is 520 g/mol. The summed E-state index contributed by atoms with van der Waals surface area (Å²) in [4.78, 5) is 43.7. The number of thiol groups is 1. The number of rotatable bonds is 12. The standard InChI is InChI=1S/C21H40N6O7S/c1-2-3-17(22)23-15-21(34,35)16-27-10-8-25(13-19(30)31)6-4-24(12-18(28)29)5-7-26(9-11-27)14-20(32)33/h34-35H,2-16H2,1H3,(H2,22,23)(H,28,29)(H,30,31)(H,32,33). The van der Waals surface area contributed by atoms with Gasteiger partial charge in [0.25, 0.3) is 0 Å². The molecule has 0 bridgehead atoms. The van der Waals surface area contributed by atoms with Gasteiger partial charge in [0.05, 0.1) is 32.0 Å². The molecule has 1 atom stereocenters. The summed E-state index contributed by atoms with van der Waals surface area (Å²) in [6, 6.07) is 0. The van der Waals surface area contributed by atoms with E-state index >= 15 is 0 Å². The van der Waals surface area contributed by atoms with Crippen molar-refractivity contribution < 1.29 is 34.8 Å². The van der Waals surface area contributed by atoms with Crippen LogP contribution in [0.3, 0.4) is 0 Å². The second-order valence-electron chi connectivity index (χ2n) is 8.83. The minimum atomic E-state index is -1.48. The maximum Gasteiger partial charge on any atom is 0.317 e. The Morgan fingerprint density at radius 3 is 1.46 bits per heavy atom. The van der Waals surface area contributed by atoms with Crippen molar-refractivity contribution in [2.75, 3.05) is 85.1 Å². The minimum absolute atomic E-state index is 0.0136. The Balaban J connectivity index is 3.01. The quantitative estimate of drug-likeness (QED) is 0.0738. The average Bonchev–Trinajstić information content (AvgIpc) is 2.73. The highest BCUT2D eigenvalue weighted by atomic mass is 32.1. The van der Waals surface area contributed by atoms with Gasteiger partial charge in [0, 0.05) is 65.3 Å². The van der Waals surface area contributed by atoms with Crippen molar-refractivity contribution in [2.24, 2.45) is 10.7 Å². The first-order valence-corrected chi connectivity index (χ1v) is 12.1. The topological polar surface area (TPSA) is 183 Å². The van der Waals surface area contributed by atoms with Crippen molar-refractivity contribution >= 4 is 36.4 Å². The van der Waals surface area contributed by atoms with Gasteiger partial charge < -0.3 is 26.2 Å². The highest BCUT2D eigenvalue weighted by Crippen LogP contribution is 2.14. The molecule has 6 N–H and O–H groups in total. The lowest BCUT2D eigenvalue weighted by Crippen LogP contribution is -2.51. The molecule has 202 valence electrons. The van der Waals surface area contributed by atoms with Gasteiger partial charge in [-0.3, -0.25) is 39.0 Å². The molecule has 0 saturated carbocycles. The number of nitrogens with zero attached hydrogens (tertiary/aromatic N) is 5. The predicted molar refractivity (Wildman–Crippen MR) is 134 cm³/mol. The van der Waals surface area contributed by atoms with E-state index in [4.69, 9.17) is 5.73 Å². The molecule has 1 fully saturated rings. The summed E-state index contributed by atoms with van der Waals surface area (Å²) >= 11 is 4.36. The molecule has 0 spiro atoms. The maximum atomic E-state index is 11.4. The van der Waals surface area contributed by atoms with E-state index in [0.717, 1.165) is 6.42 Å². The van der Waals surface area contributed by atoms with Crippen molar-refractivity contribution in [3.63, 3.8) is 0 Å². The summed E-state index contributed by atoms with van der Waals surface area (Å²) in [5.41, 5.74) is 5.84. The van der Waals surface area contributed by atoms with E-state index < -0.39 is 22.8 Å². The number of nitrogens with two attached hydrogens (primary N) is 1. The molecule has 13 nitrogen and oxygen atoms in total. The summed E-state index contributed by atoms with van der Waals surface area (Å²) in [6.07, 6.45) is 1.44. The third-order valence-corrected chi connectivity index (χ3v) is 5.81. The molecule has 14 heteroatoms. The number of aliphatic hydroxyl groups is 1. The molecule has 1 saturated heterocycles. The summed E-state index contributed by atoms with van der Waals surface area (Å²) in [7, 11) is 0. The van der Waals surface area contributed by atoms with E-state index in [2.05, 4.69) is 17.6 Å². The summed E-state index contributed by atoms with van der Waals surface area (Å²) < 4.78 is 0. The van der Waals surface area contributed by atoms with Gasteiger partial charge in [0.2, 0.25) is 0 Å². The number of hydrogen-bond acceptors (Lipinski definition) is 10. The Morgan fingerprint density at radius 1 is 0.800 bits per heavy atom. The summed E-state index contributed by atoms with van der Waals surface area (Å²) in [5, 5.41) is 38.6. The molecule has 35 heavy (non-hydrogen) atoms. The van der Waals surface area contributed by atoms with Gasteiger partial charge in [-0.05, 0) is 6.42 Å². The highest BCUT2D eigenvalue weighted by molar-refractivity contribution is 7.81. The number of β-amino-alcohol motifs (C(OH)–C–C–N with tert-alkyl or cyclic N) is 1. The zero-order chi connectivity index (χ0) is 26.4. The average molecular weight is 521 g/mol. The van der Waals surface area contributed by atoms with Crippen LogP contribution in [0, 0.1) is 0 Å². The third kappa shape index (κ3) is 14.9. The molecule has 1 rings (SSSR count). The number of carboxylic acids is 3. The number of hydrogen-bond donors (Lipinski definition) is 6. The summed E-state index contributed by atoms with van der Waals surface area (Å²) in [5.74, 6) is -2.56. The van der Waals surface area contributed by atoms with Crippen LogP contribution in [0.5, 0.6) is 0 Å². The summed E-state index contributed by atoms with van der Waals surface area (Å²) in [6.45, 7) is 4.25. The van der Waals surface area contributed by atoms with Gasteiger partial charge >= 0.3 is 17.9 Å². The van der Waals surface area contributed by atoms with E-state index in [-0.39, 0.29) is 32.7 Å². The molecule has 0 aliphatic carbocycles. The molecule has 0 aromatic rings. The molecule has 1 unspecified atom stereocenters. The number of amidine groups is 1. The van der Waals surface area contributed by atoms with Gasteiger partial charge in [-0.15, -0.1) is 12.6 Å². The van der Waals surface area contributed by atoms with Crippen molar-refractivity contribution in [3.05, 3.63) is 0 Å². The fourth-order valence-corrected chi connectivity index (χ4v) is 4.03. The molecule has 0 aromatic heterocycles. The minimum Gasteiger partial charge on any atom is -0.480 e. The van der Waals surface area contributed by atoms with E-state index in [9.17, 15) is 34.8 Å².